The third-order valence-electron chi connectivity index (χ3n) is 3.62. The molecule has 1 saturated carbocycles. The SMILES string of the molecule is CC1(C(=O)O)CCCCC1Nc1cncc(Cl)n1. The van der Waals surface area contributed by atoms with Gasteiger partial charge < -0.3 is 10.4 Å². The van der Waals surface area contributed by atoms with Gasteiger partial charge >= 0.3 is 5.97 Å². The lowest BCUT2D eigenvalue weighted by molar-refractivity contribution is -0.150. The zero-order chi connectivity index (χ0) is 13.2. The van der Waals surface area contributed by atoms with Crippen LogP contribution in [0.1, 0.15) is 32.6 Å². The zero-order valence-electron chi connectivity index (χ0n) is 10.2. The van der Waals surface area contributed by atoms with Gasteiger partial charge in [0.15, 0.2) is 0 Å². The van der Waals surface area contributed by atoms with Gasteiger partial charge in [0.05, 0.1) is 17.8 Å². The number of nitrogens with one attached hydrogen (secondary N) is 1. The van der Waals surface area contributed by atoms with Gasteiger partial charge in [0.2, 0.25) is 0 Å². The lowest BCUT2D eigenvalue weighted by Crippen LogP contribution is -2.46. The van der Waals surface area contributed by atoms with Crippen LogP contribution >= 0.6 is 11.6 Å². The Morgan fingerprint density at radius 1 is 1.56 bits per heavy atom. The van der Waals surface area contributed by atoms with E-state index in [4.69, 9.17) is 11.6 Å². The van der Waals surface area contributed by atoms with Crippen molar-refractivity contribution in [2.45, 2.75) is 38.6 Å². The molecule has 0 aromatic carbocycles. The summed E-state index contributed by atoms with van der Waals surface area (Å²) in [6, 6.07) is -0.142. The van der Waals surface area contributed by atoms with Crippen LogP contribution in [-0.2, 0) is 4.79 Å². The van der Waals surface area contributed by atoms with E-state index in [9.17, 15) is 9.90 Å². The summed E-state index contributed by atoms with van der Waals surface area (Å²) < 4.78 is 0. The van der Waals surface area contributed by atoms with Crippen LogP contribution in [0.5, 0.6) is 0 Å². The number of hydrogen-bond donors (Lipinski definition) is 2. The van der Waals surface area contributed by atoms with Gasteiger partial charge in [0.25, 0.3) is 0 Å². The number of carboxylic acid groups (broad SMARTS) is 1. The highest BCUT2D eigenvalue weighted by atomic mass is 35.5. The molecule has 2 N–H and O–H groups in total. The predicted octanol–water partition coefficient (Wildman–Crippen LogP) is 2.58. The molecule has 0 spiro atoms. The third-order valence-corrected chi connectivity index (χ3v) is 3.81. The van der Waals surface area contributed by atoms with Gasteiger partial charge in [-0.1, -0.05) is 24.4 Å². The molecule has 98 valence electrons. The van der Waals surface area contributed by atoms with Crippen molar-refractivity contribution in [3.8, 4) is 0 Å². The van der Waals surface area contributed by atoms with Crippen LogP contribution in [0.25, 0.3) is 0 Å². The number of carboxylic acids is 1. The van der Waals surface area contributed by atoms with E-state index in [-0.39, 0.29) is 6.04 Å². The molecule has 0 amide bonds. The summed E-state index contributed by atoms with van der Waals surface area (Å²) in [5, 5.41) is 12.9. The van der Waals surface area contributed by atoms with Crippen molar-refractivity contribution in [1.82, 2.24) is 9.97 Å². The van der Waals surface area contributed by atoms with E-state index >= 15 is 0 Å². The molecule has 6 heteroatoms. The van der Waals surface area contributed by atoms with E-state index in [0.717, 1.165) is 19.3 Å². The van der Waals surface area contributed by atoms with Crippen LogP contribution in [-0.4, -0.2) is 27.1 Å². The summed E-state index contributed by atoms with van der Waals surface area (Å²) in [5.41, 5.74) is -0.762. The maximum Gasteiger partial charge on any atom is 0.311 e. The minimum atomic E-state index is -0.769. The molecule has 0 radical (unpaired) electrons. The molecule has 1 aromatic heterocycles. The second-order valence-electron chi connectivity index (χ2n) is 4.89. The number of hydrogen-bond acceptors (Lipinski definition) is 4. The minimum Gasteiger partial charge on any atom is -0.481 e. The van der Waals surface area contributed by atoms with Crippen molar-refractivity contribution in [1.29, 1.82) is 0 Å². The molecule has 0 aliphatic heterocycles. The smallest absolute Gasteiger partial charge is 0.311 e. The number of aliphatic carboxylic acids is 1. The molecule has 1 aromatic rings. The van der Waals surface area contributed by atoms with Crippen LogP contribution in [0.4, 0.5) is 5.82 Å². The first kappa shape index (κ1) is 13.1. The molecular weight excluding hydrogens is 254 g/mol. The van der Waals surface area contributed by atoms with Crippen LogP contribution in [0.3, 0.4) is 0 Å². The van der Waals surface area contributed by atoms with Crippen LogP contribution in [0.15, 0.2) is 12.4 Å². The molecule has 2 atom stereocenters. The first-order valence-corrected chi connectivity index (χ1v) is 6.37. The number of aromatic nitrogens is 2. The molecule has 18 heavy (non-hydrogen) atoms. The first-order chi connectivity index (χ1) is 8.52. The zero-order valence-corrected chi connectivity index (χ0v) is 10.9. The molecule has 2 rings (SSSR count). The summed E-state index contributed by atoms with van der Waals surface area (Å²) in [6.45, 7) is 1.78. The van der Waals surface area contributed by atoms with Crippen molar-refractivity contribution in [2.75, 3.05) is 5.32 Å². The number of halogens is 1. The van der Waals surface area contributed by atoms with Crippen molar-refractivity contribution in [3.05, 3.63) is 17.5 Å². The monoisotopic (exact) mass is 269 g/mol. The number of anilines is 1. The van der Waals surface area contributed by atoms with E-state index in [1.807, 2.05) is 0 Å². The topological polar surface area (TPSA) is 75.1 Å². The molecule has 1 fully saturated rings. The molecule has 1 aliphatic carbocycles. The number of nitrogens with zero attached hydrogens (tertiary/aromatic N) is 2. The van der Waals surface area contributed by atoms with Gasteiger partial charge in [0, 0.05) is 6.04 Å². The summed E-state index contributed by atoms with van der Waals surface area (Å²) in [5.74, 6) is -0.239. The molecule has 1 aliphatic rings. The van der Waals surface area contributed by atoms with Gasteiger partial charge in [-0.3, -0.25) is 9.78 Å². The first-order valence-electron chi connectivity index (χ1n) is 6.00. The maximum absolute atomic E-state index is 11.4. The van der Waals surface area contributed by atoms with E-state index < -0.39 is 11.4 Å². The average Bonchev–Trinajstić information content (AvgIpc) is 2.32. The second kappa shape index (κ2) is 5.10. The van der Waals surface area contributed by atoms with Crippen LogP contribution < -0.4 is 5.32 Å². The highest BCUT2D eigenvalue weighted by molar-refractivity contribution is 6.29. The summed E-state index contributed by atoms with van der Waals surface area (Å²) in [7, 11) is 0. The predicted molar refractivity (Wildman–Crippen MR) is 68.7 cm³/mol. The van der Waals surface area contributed by atoms with Crippen molar-refractivity contribution >= 4 is 23.4 Å². The molecule has 5 nitrogen and oxygen atoms in total. The highest BCUT2D eigenvalue weighted by Crippen LogP contribution is 2.37. The minimum absolute atomic E-state index is 0.142. The van der Waals surface area contributed by atoms with Gasteiger partial charge in [-0.15, -0.1) is 0 Å². The van der Waals surface area contributed by atoms with Crippen molar-refractivity contribution < 1.29 is 9.90 Å². The summed E-state index contributed by atoms with van der Waals surface area (Å²) in [4.78, 5) is 19.5. The normalized spacial score (nSPS) is 27.8. The van der Waals surface area contributed by atoms with Gasteiger partial charge in [-0.25, -0.2) is 4.98 Å². The van der Waals surface area contributed by atoms with Crippen molar-refractivity contribution in [2.24, 2.45) is 5.41 Å². The Morgan fingerprint density at radius 2 is 2.33 bits per heavy atom. The van der Waals surface area contributed by atoms with E-state index in [1.165, 1.54) is 6.20 Å². The molecular formula is C12H16ClN3O2. The Hall–Kier alpha value is -1.36. The lowest BCUT2D eigenvalue weighted by atomic mass is 9.71. The lowest BCUT2D eigenvalue weighted by Gasteiger charge is -2.38. The maximum atomic E-state index is 11.4. The van der Waals surface area contributed by atoms with E-state index in [2.05, 4.69) is 15.3 Å². The van der Waals surface area contributed by atoms with E-state index in [0.29, 0.717) is 17.4 Å². The standard InChI is InChI=1S/C12H16ClN3O2/c1-12(11(17)18)5-3-2-4-8(12)15-10-7-14-6-9(13)16-10/h6-8H,2-5H2,1H3,(H,15,16)(H,17,18). The fourth-order valence-electron chi connectivity index (χ4n) is 2.41. The Balaban J connectivity index is 2.18. The Kier molecular flexibility index (Phi) is 3.71. The Bertz CT molecular complexity index is 455. The quantitative estimate of drug-likeness (QED) is 0.882. The van der Waals surface area contributed by atoms with Gasteiger partial charge in [-0.2, -0.15) is 0 Å². The highest BCUT2D eigenvalue weighted by Gasteiger charge is 2.43. The van der Waals surface area contributed by atoms with Crippen LogP contribution in [0, 0.1) is 5.41 Å². The molecule has 0 bridgehead atoms. The summed E-state index contributed by atoms with van der Waals surface area (Å²) >= 11 is 5.77. The molecule has 1 heterocycles. The Morgan fingerprint density at radius 3 is 3.00 bits per heavy atom. The molecule has 0 saturated heterocycles. The average molecular weight is 270 g/mol. The summed E-state index contributed by atoms with van der Waals surface area (Å²) in [6.07, 6.45) is 6.47. The van der Waals surface area contributed by atoms with Crippen molar-refractivity contribution in [3.63, 3.8) is 0 Å². The van der Waals surface area contributed by atoms with E-state index in [1.54, 1.807) is 13.1 Å². The number of carbonyl (C=O) groups is 1. The van der Waals surface area contributed by atoms with Gasteiger partial charge in [-0.05, 0) is 19.8 Å². The number of rotatable bonds is 3. The third kappa shape index (κ3) is 2.56. The Labute approximate surface area is 111 Å². The molecule has 2 unspecified atom stereocenters. The fraction of sp³-hybridized carbons (Fsp3) is 0.583. The second-order valence-corrected chi connectivity index (χ2v) is 5.28. The van der Waals surface area contributed by atoms with Crippen LogP contribution in [0.2, 0.25) is 5.15 Å². The van der Waals surface area contributed by atoms with Gasteiger partial charge in [0.1, 0.15) is 11.0 Å². The largest absolute Gasteiger partial charge is 0.481 e. The fourth-order valence-corrected chi connectivity index (χ4v) is 2.56.